The number of benzene rings is 2. The second-order valence-electron chi connectivity index (χ2n) is 11.8. The molecule has 232 valence electrons. The predicted molar refractivity (Wildman–Crippen MR) is 155 cm³/mol. The molecular formula is C33H30N2O10. The summed E-state index contributed by atoms with van der Waals surface area (Å²) in [5.74, 6) is -8.83. The van der Waals surface area contributed by atoms with Crippen LogP contribution in [0.5, 0.6) is 11.5 Å². The normalized spacial score (nSPS) is 28.3. The minimum absolute atomic E-state index is 0.0416. The number of hydrogen-bond acceptors (Lipinski definition) is 10. The van der Waals surface area contributed by atoms with Crippen molar-refractivity contribution in [2.24, 2.45) is 35.0 Å². The van der Waals surface area contributed by atoms with Crippen molar-refractivity contribution in [2.75, 3.05) is 16.4 Å². The first-order valence-corrected chi connectivity index (χ1v) is 14.5. The van der Waals surface area contributed by atoms with Crippen molar-refractivity contribution in [3.8, 4) is 11.5 Å². The number of nitrogens with zero attached hydrogens (tertiary/aromatic N) is 2. The van der Waals surface area contributed by atoms with E-state index >= 15 is 0 Å². The molecule has 3 aliphatic carbocycles. The van der Waals surface area contributed by atoms with Crippen LogP contribution in [-0.2, 0) is 38.3 Å². The molecule has 2 bridgehead atoms. The number of imide groups is 2. The van der Waals surface area contributed by atoms with Crippen LogP contribution in [0.25, 0.3) is 0 Å². The van der Waals surface area contributed by atoms with E-state index in [2.05, 4.69) is 0 Å². The van der Waals surface area contributed by atoms with Crippen LogP contribution < -0.4 is 19.3 Å². The summed E-state index contributed by atoms with van der Waals surface area (Å²) in [4.78, 5) is 95.2. The molecule has 2 heterocycles. The zero-order valence-electron chi connectivity index (χ0n) is 25.2. The Morgan fingerprint density at radius 1 is 0.689 bits per heavy atom. The van der Waals surface area contributed by atoms with E-state index in [4.69, 9.17) is 14.2 Å². The van der Waals surface area contributed by atoms with E-state index in [-0.39, 0.29) is 35.1 Å². The van der Waals surface area contributed by atoms with Crippen LogP contribution in [0, 0.1) is 35.0 Å². The number of hydrogen-bond donors (Lipinski definition) is 0. The Balaban J connectivity index is 1.45. The van der Waals surface area contributed by atoms with Gasteiger partial charge in [0.15, 0.2) is 0 Å². The molecule has 5 aliphatic rings. The maximum absolute atomic E-state index is 14.3. The zero-order chi connectivity index (χ0) is 32.5. The lowest BCUT2D eigenvalue weighted by molar-refractivity contribution is -0.155. The molecule has 3 fully saturated rings. The Labute approximate surface area is 257 Å². The van der Waals surface area contributed by atoms with Crippen LogP contribution in [0.2, 0.25) is 0 Å². The lowest BCUT2D eigenvalue weighted by Gasteiger charge is -2.55. The highest BCUT2D eigenvalue weighted by Gasteiger charge is 2.77. The molecule has 7 rings (SSSR count). The molecule has 2 saturated heterocycles. The molecule has 0 aromatic heterocycles. The van der Waals surface area contributed by atoms with Crippen LogP contribution in [0.15, 0.2) is 59.7 Å². The molecule has 2 aromatic carbocycles. The Bertz CT molecular complexity index is 1620. The number of allylic oxidation sites excluding steroid dienone is 1. The van der Waals surface area contributed by atoms with Gasteiger partial charge in [-0.3, -0.25) is 38.6 Å². The van der Waals surface area contributed by atoms with Gasteiger partial charge in [-0.1, -0.05) is 12.5 Å². The highest BCUT2D eigenvalue weighted by molar-refractivity contribution is 6.27. The third-order valence-corrected chi connectivity index (χ3v) is 9.39. The van der Waals surface area contributed by atoms with E-state index in [1.54, 1.807) is 20.8 Å². The minimum Gasteiger partial charge on any atom is -0.463 e. The van der Waals surface area contributed by atoms with Gasteiger partial charge in [-0.15, -0.1) is 0 Å². The molecule has 3 unspecified atom stereocenters. The van der Waals surface area contributed by atoms with E-state index in [1.807, 2.05) is 0 Å². The number of amides is 4. The number of carbonyl (C=O) groups is 7. The first-order valence-electron chi connectivity index (χ1n) is 14.5. The third kappa shape index (κ3) is 4.22. The van der Waals surface area contributed by atoms with Crippen molar-refractivity contribution in [3.05, 3.63) is 59.7 Å². The Hall–Kier alpha value is -5.13. The van der Waals surface area contributed by atoms with Gasteiger partial charge in [-0.2, -0.15) is 0 Å². The van der Waals surface area contributed by atoms with Crippen LogP contribution in [0.4, 0.5) is 11.4 Å². The van der Waals surface area contributed by atoms with Crippen molar-refractivity contribution in [2.45, 2.75) is 34.6 Å². The topological polar surface area (TPSA) is 154 Å². The summed E-state index contributed by atoms with van der Waals surface area (Å²) >= 11 is 0. The van der Waals surface area contributed by atoms with Crippen LogP contribution >= 0.6 is 0 Å². The van der Waals surface area contributed by atoms with Crippen LogP contribution in [0.3, 0.4) is 0 Å². The van der Waals surface area contributed by atoms with Gasteiger partial charge in [0.1, 0.15) is 11.5 Å². The van der Waals surface area contributed by atoms with Gasteiger partial charge in [-0.05, 0) is 62.4 Å². The monoisotopic (exact) mass is 614 g/mol. The van der Waals surface area contributed by atoms with Gasteiger partial charge in [0, 0.05) is 30.8 Å². The lowest BCUT2D eigenvalue weighted by atomic mass is 9.43. The summed E-state index contributed by atoms with van der Waals surface area (Å²) < 4.78 is 15.6. The molecule has 2 aromatic rings. The highest BCUT2D eigenvalue weighted by Crippen LogP contribution is 2.68. The smallest absolute Gasteiger partial charge is 0.334 e. The zero-order valence-corrected chi connectivity index (χ0v) is 25.2. The molecule has 6 atom stereocenters. The van der Waals surface area contributed by atoms with E-state index in [0.717, 1.165) is 9.80 Å². The van der Waals surface area contributed by atoms with Gasteiger partial charge in [-0.25, -0.2) is 4.79 Å². The molecular weight excluding hydrogens is 584 g/mol. The highest BCUT2D eigenvalue weighted by atomic mass is 16.5. The molecule has 0 radical (unpaired) electrons. The van der Waals surface area contributed by atoms with E-state index in [0.29, 0.717) is 5.57 Å². The lowest BCUT2D eigenvalue weighted by Crippen LogP contribution is -2.61. The number of ether oxygens (including phenoxy) is 3. The van der Waals surface area contributed by atoms with E-state index in [9.17, 15) is 33.6 Å². The summed E-state index contributed by atoms with van der Waals surface area (Å²) in [6.07, 6.45) is 0. The van der Waals surface area contributed by atoms with E-state index in [1.165, 1.54) is 62.4 Å². The summed E-state index contributed by atoms with van der Waals surface area (Å²) in [6.45, 7) is 7.43. The summed E-state index contributed by atoms with van der Waals surface area (Å²) in [5, 5.41) is 0. The second-order valence-corrected chi connectivity index (χ2v) is 11.8. The first kappa shape index (κ1) is 29.9. The van der Waals surface area contributed by atoms with Gasteiger partial charge >= 0.3 is 17.9 Å². The van der Waals surface area contributed by atoms with Crippen molar-refractivity contribution >= 4 is 52.9 Å². The van der Waals surface area contributed by atoms with Crippen molar-refractivity contribution in [1.82, 2.24) is 0 Å². The quantitative estimate of drug-likeness (QED) is 0.270. The summed E-state index contributed by atoms with van der Waals surface area (Å²) in [5.41, 5.74) is -0.520. The van der Waals surface area contributed by atoms with Gasteiger partial charge in [0.25, 0.3) is 0 Å². The second kappa shape index (κ2) is 10.5. The largest absolute Gasteiger partial charge is 0.463 e. The number of carbonyl (C=O) groups excluding carboxylic acids is 7. The standard InChI is InChI=1S/C33H30N2O10/c1-6-43-32(42)25-15(2)22-23-26(30(40)34(28(23)38)18-7-11-20(12-8-18)44-16(3)36)33(25,5)27-24(22)29(39)35(31(27)41)19-9-13-21(14-10-19)45-17(4)37/h7-14,22-24,26-27H,6H2,1-5H3/t22?,23-,24+,26-,27?,33?/m1/s1. The SMILES string of the molecule is CCOC(=O)C1=C(C)C2[C@@H]3C(=O)N(c4ccc(OC(C)=O)cc4)C(=O)C3C1(C)[C@H]1C(=O)N(c3ccc(OC(C)=O)cc3)C(=O)[C@H]21. The average molecular weight is 615 g/mol. The summed E-state index contributed by atoms with van der Waals surface area (Å²) in [6, 6.07) is 11.7. The molecule has 12 heteroatoms. The van der Waals surface area contributed by atoms with Gasteiger partial charge in [0.05, 0.1) is 41.7 Å². The maximum atomic E-state index is 14.3. The minimum atomic E-state index is -1.56. The summed E-state index contributed by atoms with van der Waals surface area (Å²) in [7, 11) is 0. The first-order chi connectivity index (χ1) is 21.3. The Kier molecular flexibility index (Phi) is 6.98. The Morgan fingerprint density at radius 3 is 1.44 bits per heavy atom. The molecule has 12 nitrogen and oxygen atoms in total. The van der Waals surface area contributed by atoms with Crippen LogP contribution in [0.1, 0.15) is 34.6 Å². The Morgan fingerprint density at radius 2 is 1.09 bits per heavy atom. The molecule has 1 saturated carbocycles. The fourth-order valence-electron chi connectivity index (χ4n) is 7.98. The fourth-order valence-corrected chi connectivity index (χ4v) is 7.98. The molecule has 2 aliphatic heterocycles. The van der Waals surface area contributed by atoms with Crippen molar-refractivity contribution in [1.29, 1.82) is 0 Å². The number of esters is 3. The van der Waals surface area contributed by atoms with Gasteiger partial charge < -0.3 is 14.2 Å². The predicted octanol–water partition coefficient (Wildman–Crippen LogP) is 2.98. The molecule has 0 N–H and O–H groups in total. The van der Waals surface area contributed by atoms with Crippen LogP contribution in [-0.4, -0.2) is 48.1 Å². The molecule has 45 heavy (non-hydrogen) atoms. The maximum Gasteiger partial charge on any atom is 0.334 e. The third-order valence-electron chi connectivity index (χ3n) is 9.39. The van der Waals surface area contributed by atoms with Crippen molar-refractivity contribution in [3.63, 3.8) is 0 Å². The van der Waals surface area contributed by atoms with Crippen molar-refractivity contribution < 1.29 is 47.8 Å². The van der Waals surface area contributed by atoms with E-state index < -0.39 is 76.5 Å². The average Bonchev–Trinajstić information content (AvgIpc) is 3.39. The molecule has 4 amide bonds. The number of rotatable bonds is 6. The molecule has 0 spiro atoms. The fraction of sp³-hybridized carbons (Fsp3) is 0.364. The van der Waals surface area contributed by atoms with Gasteiger partial charge in [0.2, 0.25) is 23.6 Å². The number of anilines is 2.